The van der Waals surface area contributed by atoms with Crippen LogP contribution in [0.4, 0.5) is 5.82 Å². The van der Waals surface area contributed by atoms with Crippen molar-refractivity contribution in [3.8, 4) is 0 Å². The summed E-state index contributed by atoms with van der Waals surface area (Å²) in [7, 11) is 0. The number of rotatable bonds is 4. The third-order valence-corrected chi connectivity index (χ3v) is 2.71. The van der Waals surface area contributed by atoms with E-state index in [0.717, 1.165) is 36.7 Å². The summed E-state index contributed by atoms with van der Waals surface area (Å²) in [6.07, 6.45) is 3.29. The van der Waals surface area contributed by atoms with Gasteiger partial charge in [-0.1, -0.05) is 34.1 Å². The van der Waals surface area contributed by atoms with Crippen molar-refractivity contribution in [2.75, 3.05) is 5.73 Å². The zero-order valence-electron chi connectivity index (χ0n) is 11.3. The number of aryl methyl sites for hydroxylation is 1. The van der Waals surface area contributed by atoms with Gasteiger partial charge in [0.25, 0.3) is 0 Å². The van der Waals surface area contributed by atoms with E-state index < -0.39 is 0 Å². The maximum atomic E-state index is 6.15. The van der Waals surface area contributed by atoms with Crippen molar-refractivity contribution in [1.82, 2.24) is 9.55 Å². The molecule has 0 atom stereocenters. The number of nitrogens with zero attached hydrogens (tertiary/aromatic N) is 2. The Morgan fingerprint density at radius 1 is 1.31 bits per heavy atom. The number of anilines is 1. The molecule has 0 saturated carbocycles. The quantitative estimate of drug-likeness (QED) is 0.852. The highest BCUT2D eigenvalue weighted by atomic mass is 15.1. The second-order valence-electron chi connectivity index (χ2n) is 5.73. The molecule has 0 aromatic carbocycles. The molecule has 0 unspecified atom stereocenters. The average molecular weight is 223 g/mol. The maximum absolute atomic E-state index is 6.15. The van der Waals surface area contributed by atoms with Crippen molar-refractivity contribution >= 4 is 5.82 Å². The molecule has 0 saturated heterocycles. The fourth-order valence-electron chi connectivity index (χ4n) is 1.87. The summed E-state index contributed by atoms with van der Waals surface area (Å²) in [6, 6.07) is 0. The van der Waals surface area contributed by atoms with Crippen LogP contribution in [0.1, 0.15) is 52.1 Å². The van der Waals surface area contributed by atoms with Gasteiger partial charge >= 0.3 is 0 Å². The normalized spacial score (nSPS) is 12.1. The van der Waals surface area contributed by atoms with Gasteiger partial charge in [0.15, 0.2) is 0 Å². The second kappa shape index (κ2) is 4.89. The van der Waals surface area contributed by atoms with Gasteiger partial charge in [-0.15, -0.1) is 0 Å². The molecule has 0 spiro atoms. The predicted octanol–water partition coefficient (Wildman–Crippen LogP) is 3.16. The molecule has 3 heteroatoms. The standard InChI is InChI=1S/C13H25N3/c1-6-7-8-16-10(2)15-11(12(16)14)9-13(3,4)5/h6-9,14H2,1-5H3. The summed E-state index contributed by atoms with van der Waals surface area (Å²) < 4.78 is 2.14. The summed E-state index contributed by atoms with van der Waals surface area (Å²) in [4.78, 5) is 4.59. The summed E-state index contributed by atoms with van der Waals surface area (Å²) >= 11 is 0. The molecule has 16 heavy (non-hydrogen) atoms. The first-order valence-electron chi connectivity index (χ1n) is 6.16. The Morgan fingerprint density at radius 3 is 2.44 bits per heavy atom. The van der Waals surface area contributed by atoms with Gasteiger partial charge in [-0.2, -0.15) is 0 Å². The van der Waals surface area contributed by atoms with Crippen LogP contribution in [-0.4, -0.2) is 9.55 Å². The minimum absolute atomic E-state index is 0.241. The van der Waals surface area contributed by atoms with Crippen LogP contribution >= 0.6 is 0 Å². The van der Waals surface area contributed by atoms with Crippen LogP contribution in [0.15, 0.2) is 0 Å². The van der Waals surface area contributed by atoms with Gasteiger partial charge < -0.3 is 10.3 Å². The molecule has 1 aromatic rings. The lowest BCUT2D eigenvalue weighted by atomic mass is 9.90. The molecule has 0 bridgehead atoms. The highest BCUT2D eigenvalue weighted by molar-refractivity contribution is 5.38. The van der Waals surface area contributed by atoms with Crippen molar-refractivity contribution in [2.45, 2.75) is 60.4 Å². The van der Waals surface area contributed by atoms with E-state index in [1.165, 1.54) is 6.42 Å². The Hall–Kier alpha value is -0.990. The maximum Gasteiger partial charge on any atom is 0.126 e. The highest BCUT2D eigenvalue weighted by Gasteiger charge is 2.18. The molecule has 92 valence electrons. The molecular formula is C13H25N3. The molecule has 1 rings (SSSR count). The fraction of sp³-hybridized carbons (Fsp3) is 0.769. The van der Waals surface area contributed by atoms with Crippen molar-refractivity contribution in [3.63, 3.8) is 0 Å². The first kappa shape index (κ1) is 13.1. The number of aromatic nitrogens is 2. The van der Waals surface area contributed by atoms with Gasteiger partial charge in [-0.25, -0.2) is 4.98 Å². The van der Waals surface area contributed by atoms with Gasteiger partial charge in [0, 0.05) is 6.54 Å². The van der Waals surface area contributed by atoms with Crippen LogP contribution in [0, 0.1) is 12.3 Å². The van der Waals surface area contributed by atoms with Crippen LogP contribution < -0.4 is 5.73 Å². The third kappa shape index (κ3) is 3.26. The Labute approximate surface area is 99.1 Å². The third-order valence-electron chi connectivity index (χ3n) is 2.71. The van der Waals surface area contributed by atoms with Crippen LogP contribution in [0.5, 0.6) is 0 Å². The number of unbranched alkanes of at least 4 members (excludes halogenated alkanes) is 1. The van der Waals surface area contributed by atoms with Crippen LogP contribution in [0.2, 0.25) is 0 Å². The lowest BCUT2D eigenvalue weighted by Crippen LogP contribution is -2.12. The fourth-order valence-corrected chi connectivity index (χ4v) is 1.87. The summed E-state index contributed by atoms with van der Waals surface area (Å²) in [6.45, 7) is 11.9. The number of hydrogen-bond acceptors (Lipinski definition) is 2. The first-order valence-corrected chi connectivity index (χ1v) is 6.16. The largest absolute Gasteiger partial charge is 0.384 e. The van der Waals surface area contributed by atoms with Gasteiger partial charge in [0.05, 0.1) is 5.69 Å². The molecule has 0 aliphatic carbocycles. The SMILES string of the molecule is CCCCn1c(C)nc(CC(C)(C)C)c1N. The Bertz CT molecular complexity index is 345. The topological polar surface area (TPSA) is 43.8 Å². The van der Waals surface area contributed by atoms with E-state index in [1.54, 1.807) is 0 Å². The first-order chi connectivity index (χ1) is 7.35. The number of nitrogens with two attached hydrogens (primary N) is 1. The molecule has 0 radical (unpaired) electrons. The van der Waals surface area contributed by atoms with Crippen LogP contribution in [-0.2, 0) is 13.0 Å². The zero-order chi connectivity index (χ0) is 12.3. The van der Waals surface area contributed by atoms with E-state index in [2.05, 4.69) is 37.2 Å². The molecule has 0 aliphatic rings. The summed E-state index contributed by atoms with van der Waals surface area (Å²) in [5, 5.41) is 0. The van der Waals surface area contributed by atoms with E-state index >= 15 is 0 Å². The van der Waals surface area contributed by atoms with Gasteiger partial charge in [0.1, 0.15) is 11.6 Å². The molecule has 3 nitrogen and oxygen atoms in total. The minimum atomic E-state index is 0.241. The van der Waals surface area contributed by atoms with Crippen LogP contribution in [0.3, 0.4) is 0 Å². The number of imidazole rings is 1. The molecule has 0 amide bonds. The summed E-state index contributed by atoms with van der Waals surface area (Å²) in [5.74, 6) is 1.91. The molecule has 1 aromatic heterocycles. The second-order valence-corrected chi connectivity index (χ2v) is 5.73. The minimum Gasteiger partial charge on any atom is -0.384 e. The Balaban J connectivity index is 2.88. The van der Waals surface area contributed by atoms with E-state index in [1.807, 2.05) is 6.92 Å². The van der Waals surface area contributed by atoms with E-state index in [9.17, 15) is 0 Å². The Kier molecular flexibility index (Phi) is 4.00. The van der Waals surface area contributed by atoms with E-state index in [-0.39, 0.29) is 5.41 Å². The molecule has 0 fully saturated rings. The molecule has 0 aliphatic heterocycles. The van der Waals surface area contributed by atoms with Gasteiger partial charge in [-0.05, 0) is 25.2 Å². The van der Waals surface area contributed by atoms with Gasteiger partial charge in [-0.3, -0.25) is 0 Å². The van der Waals surface area contributed by atoms with Crippen molar-refractivity contribution in [3.05, 3.63) is 11.5 Å². The molecule has 1 heterocycles. The lowest BCUT2D eigenvalue weighted by molar-refractivity contribution is 0.407. The number of nitrogen functional groups attached to an aromatic ring is 1. The molecular weight excluding hydrogens is 198 g/mol. The summed E-state index contributed by atoms with van der Waals surface area (Å²) in [5.41, 5.74) is 7.45. The van der Waals surface area contributed by atoms with Crippen LogP contribution in [0.25, 0.3) is 0 Å². The molecule has 2 N–H and O–H groups in total. The highest BCUT2D eigenvalue weighted by Crippen LogP contribution is 2.24. The van der Waals surface area contributed by atoms with Crippen molar-refractivity contribution < 1.29 is 0 Å². The predicted molar refractivity (Wildman–Crippen MR) is 69.4 cm³/mol. The zero-order valence-corrected chi connectivity index (χ0v) is 11.3. The lowest BCUT2D eigenvalue weighted by Gasteiger charge is -2.16. The van der Waals surface area contributed by atoms with Gasteiger partial charge in [0.2, 0.25) is 0 Å². The van der Waals surface area contributed by atoms with Crippen molar-refractivity contribution in [2.24, 2.45) is 5.41 Å². The monoisotopic (exact) mass is 223 g/mol. The van der Waals surface area contributed by atoms with E-state index in [0.29, 0.717) is 0 Å². The Morgan fingerprint density at radius 2 is 1.94 bits per heavy atom. The number of hydrogen-bond donors (Lipinski definition) is 1. The smallest absolute Gasteiger partial charge is 0.126 e. The average Bonchev–Trinajstić information content (AvgIpc) is 2.37. The van der Waals surface area contributed by atoms with Crippen molar-refractivity contribution in [1.29, 1.82) is 0 Å². The van der Waals surface area contributed by atoms with E-state index in [4.69, 9.17) is 5.73 Å².